The quantitative estimate of drug-likeness (QED) is 0.524. The summed E-state index contributed by atoms with van der Waals surface area (Å²) in [4.78, 5) is 4.43. The van der Waals surface area contributed by atoms with E-state index in [-0.39, 0.29) is 0 Å². The van der Waals surface area contributed by atoms with Gasteiger partial charge in [0.15, 0.2) is 11.0 Å². The van der Waals surface area contributed by atoms with Gasteiger partial charge in [-0.2, -0.15) is 0 Å². The van der Waals surface area contributed by atoms with Gasteiger partial charge in [-0.05, 0) is 17.7 Å². The molecule has 2 aromatic carbocycles. The zero-order valence-electron chi connectivity index (χ0n) is 13.3. The SMILES string of the molecule is Cn1c(Cn2cnc3ccccc32)nnc1SCc1ccccc1. The fourth-order valence-corrected chi connectivity index (χ4v) is 3.51. The Balaban J connectivity index is 1.52. The molecule has 5 nitrogen and oxygen atoms in total. The van der Waals surface area contributed by atoms with Crippen molar-refractivity contribution in [3.63, 3.8) is 0 Å². The molecule has 0 saturated heterocycles. The second kappa shape index (κ2) is 6.49. The van der Waals surface area contributed by atoms with E-state index in [4.69, 9.17) is 0 Å². The molecule has 0 aliphatic heterocycles. The topological polar surface area (TPSA) is 48.5 Å². The van der Waals surface area contributed by atoms with Crippen molar-refractivity contribution in [3.8, 4) is 0 Å². The summed E-state index contributed by atoms with van der Waals surface area (Å²) in [5.41, 5.74) is 3.39. The van der Waals surface area contributed by atoms with E-state index in [0.717, 1.165) is 27.8 Å². The van der Waals surface area contributed by atoms with E-state index in [9.17, 15) is 0 Å². The number of nitrogens with zero attached hydrogens (tertiary/aromatic N) is 5. The van der Waals surface area contributed by atoms with Crippen LogP contribution in [-0.4, -0.2) is 24.3 Å². The maximum Gasteiger partial charge on any atom is 0.191 e. The van der Waals surface area contributed by atoms with Crippen molar-refractivity contribution in [1.82, 2.24) is 24.3 Å². The van der Waals surface area contributed by atoms with Crippen LogP contribution in [-0.2, 0) is 19.3 Å². The lowest BCUT2D eigenvalue weighted by Gasteiger charge is -2.05. The summed E-state index contributed by atoms with van der Waals surface area (Å²) in [7, 11) is 2.02. The first-order valence-corrected chi connectivity index (χ1v) is 8.75. The molecular formula is C18H17N5S. The van der Waals surface area contributed by atoms with E-state index in [1.54, 1.807) is 11.8 Å². The minimum absolute atomic E-state index is 0.663. The summed E-state index contributed by atoms with van der Waals surface area (Å²) in [5, 5.41) is 9.62. The van der Waals surface area contributed by atoms with Crippen LogP contribution in [0.1, 0.15) is 11.4 Å². The van der Waals surface area contributed by atoms with Gasteiger partial charge in [0.05, 0.1) is 23.9 Å². The van der Waals surface area contributed by atoms with Crippen molar-refractivity contribution in [3.05, 3.63) is 72.3 Å². The smallest absolute Gasteiger partial charge is 0.191 e. The Labute approximate surface area is 144 Å². The summed E-state index contributed by atoms with van der Waals surface area (Å²) in [6, 6.07) is 18.5. The predicted molar refractivity (Wildman–Crippen MR) is 95.8 cm³/mol. The Bertz CT molecular complexity index is 958. The number of thioether (sulfide) groups is 1. The maximum atomic E-state index is 4.43. The van der Waals surface area contributed by atoms with E-state index < -0.39 is 0 Å². The number of rotatable bonds is 5. The molecule has 2 heterocycles. The van der Waals surface area contributed by atoms with Crippen LogP contribution in [0.15, 0.2) is 66.1 Å². The Hall–Kier alpha value is -2.60. The third-order valence-electron chi connectivity index (χ3n) is 3.97. The van der Waals surface area contributed by atoms with Gasteiger partial charge in [-0.25, -0.2) is 4.98 Å². The number of benzene rings is 2. The third kappa shape index (κ3) is 2.92. The molecule has 0 unspecified atom stereocenters. The zero-order chi connectivity index (χ0) is 16.4. The Morgan fingerprint density at radius 3 is 2.62 bits per heavy atom. The Morgan fingerprint density at radius 1 is 0.958 bits per heavy atom. The molecule has 6 heteroatoms. The van der Waals surface area contributed by atoms with Gasteiger partial charge in [-0.15, -0.1) is 10.2 Å². The van der Waals surface area contributed by atoms with Crippen LogP contribution in [0.25, 0.3) is 11.0 Å². The molecule has 120 valence electrons. The van der Waals surface area contributed by atoms with E-state index >= 15 is 0 Å². The number of imidazole rings is 1. The summed E-state index contributed by atoms with van der Waals surface area (Å²) in [6.45, 7) is 0.663. The number of hydrogen-bond donors (Lipinski definition) is 0. The average molecular weight is 335 g/mol. The van der Waals surface area contributed by atoms with Gasteiger partial charge >= 0.3 is 0 Å². The highest BCUT2D eigenvalue weighted by molar-refractivity contribution is 7.98. The molecule has 24 heavy (non-hydrogen) atoms. The van der Waals surface area contributed by atoms with E-state index in [0.29, 0.717) is 6.54 Å². The van der Waals surface area contributed by atoms with Crippen molar-refractivity contribution < 1.29 is 0 Å². The number of aromatic nitrogens is 5. The van der Waals surface area contributed by atoms with Crippen LogP contribution in [0.4, 0.5) is 0 Å². The fraction of sp³-hybridized carbons (Fsp3) is 0.167. The molecule has 0 aliphatic rings. The van der Waals surface area contributed by atoms with Gasteiger partial charge in [-0.1, -0.05) is 54.2 Å². The lowest BCUT2D eigenvalue weighted by atomic mass is 10.2. The molecule has 0 atom stereocenters. The number of fused-ring (bicyclic) bond motifs is 1. The highest BCUT2D eigenvalue weighted by Crippen LogP contribution is 2.21. The summed E-state index contributed by atoms with van der Waals surface area (Å²) >= 11 is 1.70. The second-order valence-corrected chi connectivity index (χ2v) is 6.54. The first-order valence-electron chi connectivity index (χ1n) is 7.76. The maximum absolute atomic E-state index is 4.43. The van der Waals surface area contributed by atoms with Crippen LogP contribution in [0.3, 0.4) is 0 Å². The molecule has 0 aliphatic carbocycles. The molecule has 4 rings (SSSR count). The van der Waals surface area contributed by atoms with Crippen LogP contribution >= 0.6 is 11.8 Å². The van der Waals surface area contributed by atoms with Gasteiger partial charge in [0.2, 0.25) is 0 Å². The molecule has 0 spiro atoms. The molecule has 0 bridgehead atoms. The molecular weight excluding hydrogens is 318 g/mol. The first kappa shape index (κ1) is 15.0. The second-order valence-electron chi connectivity index (χ2n) is 5.59. The van der Waals surface area contributed by atoms with Crippen molar-refractivity contribution in [2.24, 2.45) is 7.05 Å². The minimum atomic E-state index is 0.663. The summed E-state index contributed by atoms with van der Waals surface area (Å²) in [5.74, 6) is 1.81. The average Bonchev–Trinajstić information content (AvgIpc) is 3.19. The van der Waals surface area contributed by atoms with Gasteiger partial charge in [0, 0.05) is 12.8 Å². The highest BCUT2D eigenvalue weighted by Gasteiger charge is 2.11. The molecule has 2 aromatic heterocycles. The van der Waals surface area contributed by atoms with Crippen LogP contribution in [0.2, 0.25) is 0 Å². The van der Waals surface area contributed by atoms with Crippen molar-refractivity contribution in [2.75, 3.05) is 0 Å². The van der Waals surface area contributed by atoms with E-state index in [1.165, 1.54) is 5.56 Å². The van der Waals surface area contributed by atoms with Gasteiger partial charge in [-0.3, -0.25) is 0 Å². The molecule has 0 N–H and O–H groups in total. The first-order chi connectivity index (χ1) is 11.8. The lowest BCUT2D eigenvalue weighted by Crippen LogP contribution is -2.05. The molecule has 4 aromatic rings. The number of para-hydroxylation sites is 2. The van der Waals surface area contributed by atoms with E-state index in [2.05, 4.69) is 54.6 Å². The molecule has 0 saturated carbocycles. The van der Waals surface area contributed by atoms with Crippen LogP contribution in [0, 0.1) is 0 Å². The molecule has 0 radical (unpaired) electrons. The Kier molecular flexibility index (Phi) is 4.04. The van der Waals surface area contributed by atoms with Gasteiger partial charge in [0.25, 0.3) is 0 Å². The zero-order valence-corrected chi connectivity index (χ0v) is 14.1. The van der Waals surface area contributed by atoms with E-state index in [1.807, 2.05) is 37.6 Å². The minimum Gasteiger partial charge on any atom is -0.323 e. The monoisotopic (exact) mass is 335 g/mol. The van der Waals surface area contributed by atoms with Crippen molar-refractivity contribution >= 4 is 22.8 Å². The largest absolute Gasteiger partial charge is 0.323 e. The number of hydrogen-bond acceptors (Lipinski definition) is 4. The predicted octanol–water partition coefficient (Wildman–Crippen LogP) is 3.51. The molecule has 0 amide bonds. The normalized spacial score (nSPS) is 11.2. The van der Waals surface area contributed by atoms with Crippen molar-refractivity contribution in [1.29, 1.82) is 0 Å². The lowest BCUT2D eigenvalue weighted by molar-refractivity contribution is 0.685. The standard InChI is InChI=1S/C18H17N5S/c1-22-17(11-23-13-19-15-9-5-6-10-16(15)23)20-21-18(22)24-12-14-7-3-2-4-8-14/h2-10,13H,11-12H2,1H3. The third-order valence-corrected chi connectivity index (χ3v) is 5.07. The van der Waals surface area contributed by atoms with Gasteiger partial charge < -0.3 is 9.13 Å². The molecule has 0 fully saturated rings. The van der Waals surface area contributed by atoms with Gasteiger partial charge in [0.1, 0.15) is 0 Å². The van der Waals surface area contributed by atoms with Crippen molar-refractivity contribution in [2.45, 2.75) is 17.5 Å². The van der Waals surface area contributed by atoms with Crippen LogP contribution < -0.4 is 0 Å². The highest BCUT2D eigenvalue weighted by atomic mass is 32.2. The Morgan fingerprint density at radius 2 is 1.75 bits per heavy atom. The fourth-order valence-electron chi connectivity index (χ4n) is 2.62. The summed E-state index contributed by atoms with van der Waals surface area (Å²) in [6.07, 6.45) is 1.86. The van der Waals surface area contributed by atoms with Crippen LogP contribution in [0.5, 0.6) is 0 Å². The summed E-state index contributed by atoms with van der Waals surface area (Å²) < 4.78 is 4.16.